The van der Waals surface area contributed by atoms with Crippen molar-refractivity contribution in [1.82, 2.24) is 19.9 Å². The summed E-state index contributed by atoms with van der Waals surface area (Å²) in [6, 6.07) is 4.17. The third-order valence-corrected chi connectivity index (χ3v) is 2.77. The first-order valence-corrected chi connectivity index (χ1v) is 5.94. The number of aryl methyl sites for hydroxylation is 1. The van der Waals surface area contributed by atoms with E-state index in [9.17, 15) is 0 Å². The molecule has 0 atom stereocenters. The molecule has 0 aromatic carbocycles. The number of likely N-dealkylation sites (N-methyl/N-ethyl adjacent to an activating group) is 2. The molecular formula is C12H19N5. The fourth-order valence-electron chi connectivity index (χ4n) is 1.85. The molecule has 0 aliphatic rings. The number of nitrogens with zero attached hydrogens (tertiary/aromatic N) is 4. The number of rotatable bonds is 5. The second kappa shape index (κ2) is 5.14. The number of fused-ring (bicyclic) bond motifs is 1. The lowest BCUT2D eigenvalue weighted by Gasteiger charge is -2.20. The van der Waals surface area contributed by atoms with Crippen LogP contribution in [-0.4, -0.2) is 41.3 Å². The van der Waals surface area contributed by atoms with Crippen molar-refractivity contribution < 1.29 is 0 Å². The predicted octanol–water partition coefficient (Wildman–Crippen LogP) is 1.08. The maximum Gasteiger partial charge on any atom is 0.157 e. The van der Waals surface area contributed by atoms with Crippen LogP contribution >= 0.6 is 0 Å². The van der Waals surface area contributed by atoms with Crippen molar-refractivity contribution in [3.63, 3.8) is 0 Å². The summed E-state index contributed by atoms with van der Waals surface area (Å²) >= 11 is 0. The number of pyridine rings is 1. The van der Waals surface area contributed by atoms with Gasteiger partial charge in [-0.05, 0) is 31.2 Å². The summed E-state index contributed by atoms with van der Waals surface area (Å²) in [5.74, 6) is 1.08. The second-order valence-corrected chi connectivity index (χ2v) is 4.20. The van der Waals surface area contributed by atoms with Crippen molar-refractivity contribution in [2.24, 2.45) is 0 Å². The molecule has 5 heteroatoms. The molecule has 0 bridgehead atoms. The Morgan fingerprint density at radius 1 is 1.41 bits per heavy atom. The fourth-order valence-corrected chi connectivity index (χ4v) is 1.85. The van der Waals surface area contributed by atoms with E-state index >= 15 is 0 Å². The minimum Gasteiger partial charge on any atom is -0.358 e. The van der Waals surface area contributed by atoms with Gasteiger partial charge in [0.25, 0.3) is 0 Å². The molecule has 1 N–H and O–H groups in total. The van der Waals surface area contributed by atoms with Gasteiger partial charge in [0.1, 0.15) is 12.1 Å². The standard InChI is InChI=1S/C12H19N5/c1-4-13-5-6-16(3)12-8-10(2)7-11-14-9-15-17(11)12/h7-9,13H,4-6H2,1-3H3. The van der Waals surface area contributed by atoms with Gasteiger partial charge in [-0.25, -0.2) is 4.98 Å². The van der Waals surface area contributed by atoms with Gasteiger partial charge in [0.2, 0.25) is 0 Å². The maximum absolute atomic E-state index is 4.25. The lowest BCUT2D eigenvalue weighted by molar-refractivity contribution is 0.697. The van der Waals surface area contributed by atoms with Crippen LogP contribution in [0.4, 0.5) is 5.82 Å². The van der Waals surface area contributed by atoms with Gasteiger partial charge in [0.15, 0.2) is 5.65 Å². The molecule has 0 aliphatic heterocycles. The maximum atomic E-state index is 4.25. The Labute approximate surface area is 101 Å². The first-order valence-electron chi connectivity index (χ1n) is 5.94. The van der Waals surface area contributed by atoms with Crippen molar-refractivity contribution >= 4 is 11.5 Å². The molecule has 0 fully saturated rings. The molecule has 0 saturated carbocycles. The SMILES string of the molecule is CCNCCN(C)c1cc(C)cc2ncnn12. The van der Waals surface area contributed by atoms with Crippen LogP contribution in [0, 0.1) is 6.92 Å². The van der Waals surface area contributed by atoms with E-state index in [0.29, 0.717) is 0 Å². The van der Waals surface area contributed by atoms with Crippen LogP contribution in [0.5, 0.6) is 0 Å². The van der Waals surface area contributed by atoms with Crippen LogP contribution in [0.25, 0.3) is 5.65 Å². The molecule has 0 amide bonds. The van der Waals surface area contributed by atoms with Crippen LogP contribution in [0.1, 0.15) is 12.5 Å². The molecule has 5 nitrogen and oxygen atoms in total. The first kappa shape index (κ1) is 11.9. The first-order chi connectivity index (χ1) is 8.22. The number of anilines is 1. The Bertz CT molecular complexity index is 491. The second-order valence-electron chi connectivity index (χ2n) is 4.20. The fraction of sp³-hybridized carbons (Fsp3) is 0.500. The molecule has 0 radical (unpaired) electrons. The van der Waals surface area contributed by atoms with Crippen LogP contribution in [0.3, 0.4) is 0 Å². The van der Waals surface area contributed by atoms with Gasteiger partial charge in [-0.15, -0.1) is 0 Å². The molecule has 2 rings (SSSR count). The Balaban J connectivity index is 2.24. The summed E-state index contributed by atoms with van der Waals surface area (Å²) in [6.07, 6.45) is 1.59. The summed E-state index contributed by atoms with van der Waals surface area (Å²) in [5, 5.41) is 7.57. The zero-order chi connectivity index (χ0) is 12.3. The van der Waals surface area contributed by atoms with Crippen LogP contribution in [0.15, 0.2) is 18.5 Å². The molecule has 0 saturated heterocycles. The summed E-state index contributed by atoms with van der Waals surface area (Å²) in [4.78, 5) is 6.42. The normalized spacial score (nSPS) is 11.0. The van der Waals surface area contributed by atoms with E-state index < -0.39 is 0 Å². The van der Waals surface area contributed by atoms with E-state index in [0.717, 1.165) is 31.1 Å². The van der Waals surface area contributed by atoms with Gasteiger partial charge in [-0.3, -0.25) is 0 Å². The van der Waals surface area contributed by atoms with Crippen LogP contribution < -0.4 is 10.2 Å². The third kappa shape index (κ3) is 2.55. The Hall–Kier alpha value is -1.62. The smallest absolute Gasteiger partial charge is 0.157 e. The molecule has 0 unspecified atom stereocenters. The summed E-state index contributed by atoms with van der Waals surface area (Å²) in [6.45, 7) is 7.11. The van der Waals surface area contributed by atoms with Crippen molar-refractivity contribution in [2.75, 3.05) is 31.6 Å². The Kier molecular flexibility index (Phi) is 3.58. The van der Waals surface area contributed by atoms with Gasteiger partial charge in [0, 0.05) is 20.1 Å². The highest BCUT2D eigenvalue weighted by Crippen LogP contribution is 2.16. The molecule has 0 spiro atoms. The zero-order valence-corrected chi connectivity index (χ0v) is 10.6. The zero-order valence-electron chi connectivity index (χ0n) is 10.6. The molecule has 92 valence electrons. The predicted molar refractivity (Wildman–Crippen MR) is 69.5 cm³/mol. The quantitative estimate of drug-likeness (QED) is 0.785. The average molecular weight is 233 g/mol. The van der Waals surface area contributed by atoms with Crippen LogP contribution in [0.2, 0.25) is 0 Å². The third-order valence-electron chi connectivity index (χ3n) is 2.77. The molecule has 2 aromatic heterocycles. The van der Waals surface area contributed by atoms with Gasteiger partial charge >= 0.3 is 0 Å². The number of aromatic nitrogens is 3. The number of hydrogen-bond donors (Lipinski definition) is 1. The van der Waals surface area contributed by atoms with Gasteiger partial charge in [0.05, 0.1) is 0 Å². The minimum atomic E-state index is 0.898. The molecule has 2 aromatic rings. The lowest BCUT2D eigenvalue weighted by atomic mass is 10.3. The van der Waals surface area contributed by atoms with E-state index in [1.807, 2.05) is 10.6 Å². The monoisotopic (exact) mass is 233 g/mol. The van der Waals surface area contributed by atoms with E-state index in [1.54, 1.807) is 6.33 Å². The number of nitrogens with one attached hydrogen (secondary N) is 1. The average Bonchev–Trinajstić information content (AvgIpc) is 2.75. The topological polar surface area (TPSA) is 45.5 Å². The van der Waals surface area contributed by atoms with E-state index in [2.05, 4.69) is 47.3 Å². The van der Waals surface area contributed by atoms with Crippen molar-refractivity contribution in [3.05, 3.63) is 24.0 Å². The van der Waals surface area contributed by atoms with Crippen LogP contribution in [-0.2, 0) is 0 Å². The van der Waals surface area contributed by atoms with Crippen molar-refractivity contribution in [2.45, 2.75) is 13.8 Å². The van der Waals surface area contributed by atoms with E-state index in [1.165, 1.54) is 5.56 Å². The molecule has 17 heavy (non-hydrogen) atoms. The van der Waals surface area contributed by atoms with Gasteiger partial charge in [-0.1, -0.05) is 6.92 Å². The molecule has 2 heterocycles. The molecule has 0 aliphatic carbocycles. The van der Waals surface area contributed by atoms with Crippen molar-refractivity contribution in [3.8, 4) is 0 Å². The Morgan fingerprint density at radius 2 is 2.24 bits per heavy atom. The summed E-state index contributed by atoms with van der Waals surface area (Å²) < 4.78 is 1.87. The Morgan fingerprint density at radius 3 is 3.00 bits per heavy atom. The minimum absolute atomic E-state index is 0.898. The summed E-state index contributed by atoms with van der Waals surface area (Å²) in [5.41, 5.74) is 2.10. The van der Waals surface area contributed by atoms with E-state index in [-0.39, 0.29) is 0 Å². The van der Waals surface area contributed by atoms with Gasteiger partial charge in [-0.2, -0.15) is 9.61 Å². The largest absolute Gasteiger partial charge is 0.358 e. The summed E-state index contributed by atoms with van der Waals surface area (Å²) in [7, 11) is 2.08. The highest BCUT2D eigenvalue weighted by Gasteiger charge is 2.08. The van der Waals surface area contributed by atoms with Crippen molar-refractivity contribution in [1.29, 1.82) is 0 Å². The lowest BCUT2D eigenvalue weighted by Crippen LogP contribution is -2.30. The number of hydrogen-bond acceptors (Lipinski definition) is 4. The highest BCUT2D eigenvalue weighted by molar-refractivity contribution is 5.52. The molecular weight excluding hydrogens is 214 g/mol. The highest BCUT2D eigenvalue weighted by atomic mass is 15.4. The van der Waals surface area contributed by atoms with E-state index in [4.69, 9.17) is 0 Å². The van der Waals surface area contributed by atoms with Gasteiger partial charge < -0.3 is 10.2 Å².